The smallest absolute Gasteiger partial charge is 0.239 e. The number of amides is 1. The number of hydrogen-bond donors (Lipinski definition) is 3. The number of carbonyl (C=O) groups excluding carboxylic acids is 1. The topological polar surface area (TPSA) is 144 Å². The quantitative estimate of drug-likeness (QED) is 0.180. The summed E-state index contributed by atoms with van der Waals surface area (Å²) in [5.41, 5.74) is 5.41. The molecule has 3 aromatic heterocycles. The van der Waals surface area contributed by atoms with Crippen molar-refractivity contribution < 1.29 is 14.1 Å². The number of ether oxygens (including phenoxy) is 1. The SMILES string of the molecule is COc1cc(N2CCNC(=O)C2)c(-c2cnn(C)c2)cc1Nc1ncc(Br)c(Nc2ccc3nccnc3c2OP(C)C)n1. The molecule has 2 aromatic carbocycles. The van der Waals surface area contributed by atoms with E-state index in [9.17, 15) is 4.79 Å². The Hall–Kier alpha value is -4.55. The first-order chi connectivity index (χ1) is 21.3. The molecule has 0 saturated carbocycles. The van der Waals surface area contributed by atoms with Gasteiger partial charge in [-0.1, -0.05) is 0 Å². The lowest BCUT2D eigenvalue weighted by Crippen LogP contribution is -2.47. The van der Waals surface area contributed by atoms with Crippen LogP contribution < -0.4 is 30.1 Å². The number of halogens is 1. The van der Waals surface area contributed by atoms with E-state index in [1.807, 2.05) is 55.7 Å². The molecule has 44 heavy (non-hydrogen) atoms. The summed E-state index contributed by atoms with van der Waals surface area (Å²) in [4.78, 5) is 32.5. The fraction of sp³-hybridized carbons (Fsp3) is 0.241. The van der Waals surface area contributed by atoms with Crippen LogP contribution in [0.1, 0.15) is 0 Å². The number of benzene rings is 2. The molecule has 1 amide bonds. The lowest BCUT2D eigenvalue weighted by molar-refractivity contribution is -0.120. The Labute approximate surface area is 263 Å². The minimum atomic E-state index is -0.735. The molecule has 1 aliphatic heterocycles. The maximum absolute atomic E-state index is 12.2. The molecule has 6 rings (SSSR count). The van der Waals surface area contributed by atoms with E-state index in [1.165, 1.54) is 0 Å². The Kier molecular flexibility index (Phi) is 8.45. The first kappa shape index (κ1) is 29.5. The van der Waals surface area contributed by atoms with Gasteiger partial charge in [0.25, 0.3) is 0 Å². The second-order valence-corrected chi connectivity index (χ2v) is 12.8. The standard InChI is InChI=1S/C29H30BrN10O3P/c1-39-15-17(13-35-39)18-11-22(24(42-2)12-23(18)40-10-9-32-25(41)16-40)37-29-34-14-19(30)28(38-29)36-21-6-5-20-26(33-8-7-31-20)27(21)43-44(3)4/h5-8,11-15H,9-10,16H2,1-4H3,(H,32,41)(H2,34,36,37,38). The van der Waals surface area contributed by atoms with Crippen LogP contribution in [0.4, 0.5) is 28.8 Å². The van der Waals surface area contributed by atoms with E-state index in [1.54, 1.807) is 36.6 Å². The molecule has 0 atom stereocenters. The van der Waals surface area contributed by atoms with Crippen LogP contribution in [0.25, 0.3) is 22.2 Å². The Balaban J connectivity index is 1.37. The molecule has 3 N–H and O–H groups in total. The maximum Gasteiger partial charge on any atom is 0.239 e. The number of rotatable bonds is 9. The summed E-state index contributed by atoms with van der Waals surface area (Å²) in [5.74, 6) is 2.01. The molecule has 0 unspecified atom stereocenters. The third kappa shape index (κ3) is 6.22. The summed E-state index contributed by atoms with van der Waals surface area (Å²) >= 11 is 3.58. The maximum atomic E-state index is 12.2. The molecule has 1 fully saturated rings. The molecular formula is C29H30BrN10O3P. The van der Waals surface area contributed by atoms with Gasteiger partial charge < -0.3 is 30.1 Å². The van der Waals surface area contributed by atoms with Crippen molar-refractivity contribution in [2.75, 3.05) is 55.6 Å². The highest BCUT2D eigenvalue weighted by Crippen LogP contribution is 2.43. The third-order valence-electron chi connectivity index (χ3n) is 6.82. The molecule has 4 heterocycles. The highest BCUT2D eigenvalue weighted by Gasteiger charge is 2.23. The van der Waals surface area contributed by atoms with Gasteiger partial charge in [-0.15, -0.1) is 0 Å². The first-order valence-corrected chi connectivity index (χ1v) is 16.6. The third-order valence-corrected chi connectivity index (χ3v) is 7.95. The minimum Gasteiger partial charge on any atom is -0.494 e. The zero-order valence-corrected chi connectivity index (χ0v) is 27.0. The molecular weight excluding hydrogens is 647 g/mol. The summed E-state index contributed by atoms with van der Waals surface area (Å²) in [6.45, 7) is 5.53. The van der Waals surface area contributed by atoms with Crippen LogP contribution in [0.15, 0.2) is 59.7 Å². The van der Waals surface area contributed by atoms with Crippen molar-refractivity contribution in [3.8, 4) is 22.6 Å². The largest absolute Gasteiger partial charge is 0.494 e. The van der Waals surface area contributed by atoms with E-state index >= 15 is 0 Å². The Morgan fingerprint density at radius 3 is 2.66 bits per heavy atom. The molecule has 1 aliphatic rings. The monoisotopic (exact) mass is 676 g/mol. The van der Waals surface area contributed by atoms with Crippen LogP contribution >= 0.6 is 24.1 Å². The summed E-state index contributed by atoms with van der Waals surface area (Å²) in [5, 5.41) is 14.0. The summed E-state index contributed by atoms with van der Waals surface area (Å²) < 4.78 is 14.4. The average molecular weight is 678 g/mol. The number of methoxy groups -OCH3 is 1. The van der Waals surface area contributed by atoms with E-state index in [-0.39, 0.29) is 12.5 Å². The second-order valence-electron chi connectivity index (χ2n) is 10.2. The number of piperazine rings is 1. The summed E-state index contributed by atoms with van der Waals surface area (Å²) in [7, 11) is 2.74. The van der Waals surface area contributed by atoms with Crippen LogP contribution in [0.5, 0.6) is 11.5 Å². The van der Waals surface area contributed by atoms with Crippen molar-refractivity contribution in [3.63, 3.8) is 0 Å². The number of aromatic nitrogens is 6. The zero-order valence-electron chi connectivity index (χ0n) is 24.5. The van der Waals surface area contributed by atoms with Gasteiger partial charge in [-0.05, 0) is 47.5 Å². The van der Waals surface area contributed by atoms with Gasteiger partial charge >= 0.3 is 0 Å². The Morgan fingerprint density at radius 2 is 1.91 bits per heavy atom. The second kappa shape index (κ2) is 12.6. The molecule has 5 aromatic rings. The van der Waals surface area contributed by atoms with Crippen LogP contribution in [-0.2, 0) is 11.8 Å². The number of hydrogen-bond acceptors (Lipinski definition) is 11. The molecule has 1 saturated heterocycles. The van der Waals surface area contributed by atoms with E-state index in [0.29, 0.717) is 57.7 Å². The number of aryl methyl sites for hydroxylation is 1. The van der Waals surface area contributed by atoms with Gasteiger partial charge in [-0.2, -0.15) is 10.1 Å². The predicted molar refractivity (Wildman–Crippen MR) is 176 cm³/mol. The highest BCUT2D eigenvalue weighted by atomic mass is 79.9. The van der Waals surface area contributed by atoms with E-state index in [4.69, 9.17) is 14.2 Å². The number of anilines is 5. The number of fused-ring (bicyclic) bond motifs is 1. The minimum absolute atomic E-state index is 0.0284. The van der Waals surface area contributed by atoms with E-state index in [2.05, 4.69) is 51.9 Å². The van der Waals surface area contributed by atoms with Crippen molar-refractivity contribution in [1.29, 1.82) is 0 Å². The van der Waals surface area contributed by atoms with Crippen molar-refractivity contribution in [1.82, 2.24) is 35.0 Å². The number of nitrogens with zero attached hydrogens (tertiary/aromatic N) is 7. The summed E-state index contributed by atoms with van der Waals surface area (Å²) in [6, 6.07) is 7.68. The van der Waals surface area contributed by atoms with Gasteiger partial charge in [-0.3, -0.25) is 14.5 Å². The van der Waals surface area contributed by atoms with Gasteiger partial charge in [-0.25, -0.2) is 9.97 Å². The van der Waals surface area contributed by atoms with Crippen molar-refractivity contribution >= 4 is 69.8 Å². The van der Waals surface area contributed by atoms with E-state index in [0.717, 1.165) is 22.3 Å². The average Bonchev–Trinajstić information content (AvgIpc) is 3.45. The van der Waals surface area contributed by atoms with Gasteiger partial charge in [0.2, 0.25) is 11.9 Å². The van der Waals surface area contributed by atoms with Crippen LogP contribution in [0.2, 0.25) is 0 Å². The van der Waals surface area contributed by atoms with Crippen molar-refractivity contribution in [3.05, 3.63) is 59.7 Å². The highest BCUT2D eigenvalue weighted by molar-refractivity contribution is 9.10. The lowest BCUT2D eigenvalue weighted by Gasteiger charge is -2.31. The molecule has 0 spiro atoms. The van der Waals surface area contributed by atoms with Gasteiger partial charge in [0, 0.05) is 67.8 Å². The van der Waals surface area contributed by atoms with Crippen molar-refractivity contribution in [2.24, 2.45) is 7.05 Å². The van der Waals surface area contributed by atoms with Crippen LogP contribution in [-0.4, -0.2) is 75.7 Å². The lowest BCUT2D eigenvalue weighted by atomic mass is 10.0. The van der Waals surface area contributed by atoms with E-state index < -0.39 is 8.15 Å². The van der Waals surface area contributed by atoms with Gasteiger partial charge in [0.05, 0.1) is 49.4 Å². The number of nitrogens with one attached hydrogen (secondary N) is 3. The molecule has 15 heteroatoms. The first-order valence-electron chi connectivity index (χ1n) is 13.7. The van der Waals surface area contributed by atoms with Gasteiger partial charge in [0.1, 0.15) is 17.1 Å². The summed E-state index contributed by atoms with van der Waals surface area (Å²) in [6.07, 6.45) is 8.70. The fourth-order valence-electron chi connectivity index (χ4n) is 4.88. The zero-order chi connectivity index (χ0) is 30.8. The Bertz CT molecular complexity index is 1850. The van der Waals surface area contributed by atoms with Crippen LogP contribution in [0.3, 0.4) is 0 Å². The normalized spacial score (nSPS) is 13.2. The van der Waals surface area contributed by atoms with Crippen molar-refractivity contribution in [2.45, 2.75) is 0 Å². The molecule has 0 radical (unpaired) electrons. The molecule has 13 nitrogen and oxygen atoms in total. The number of carbonyl (C=O) groups is 1. The van der Waals surface area contributed by atoms with Gasteiger partial charge in [0.15, 0.2) is 5.75 Å². The molecule has 0 bridgehead atoms. The Morgan fingerprint density at radius 1 is 1.07 bits per heavy atom. The van der Waals surface area contributed by atoms with Crippen LogP contribution in [0, 0.1) is 0 Å². The molecule has 0 aliphatic carbocycles. The molecule has 226 valence electrons. The fourth-order valence-corrected chi connectivity index (χ4v) is 5.72. The predicted octanol–water partition coefficient (Wildman–Crippen LogP) is 5.05.